The quantitative estimate of drug-likeness (QED) is 0.478. The Morgan fingerprint density at radius 2 is 2.31 bits per heavy atom. The van der Waals surface area contributed by atoms with Gasteiger partial charge in [0.05, 0.1) is 18.2 Å². The number of likely N-dealkylation sites (tertiary alicyclic amines) is 1. The molecule has 0 radical (unpaired) electrons. The van der Waals surface area contributed by atoms with Gasteiger partial charge in [-0.2, -0.15) is 0 Å². The van der Waals surface area contributed by atoms with E-state index in [4.69, 9.17) is 12.2 Å². The van der Waals surface area contributed by atoms with Gasteiger partial charge in [0, 0.05) is 13.0 Å². The predicted molar refractivity (Wildman–Crippen MR) is 51.4 cm³/mol. The van der Waals surface area contributed by atoms with Gasteiger partial charge in [0.1, 0.15) is 6.04 Å². The monoisotopic (exact) mass is 203 g/mol. The van der Waals surface area contributed by atoms with Crippen LogP contribution in [0.1, 0.15) is 13.3 Å². The molecule has 0 aromatic heterocycles. The summed E-state index contributed by atoms with van der Waals surface area (Å²) in [5, 5.41) is 9.35. The average Bonchev–Trinajstić information content (AvgIpc) is 2.46. The molecule has 0 saturated carbocycles. The van der Waals surface area contributed by atoms with Crippen LogP contribution in [0, 0.1) is 0 Å². The van der Waals surface area contributed by atoms with E-state index >= 15 is 0 Å². The molecule has 0 aromatic rings. The molecule has 1 saturated heterocycles. The maximum absolute atomic E-state index is 11.2. The number of hydrogen-bond donors (Lipinski definition) is 1. The van der Waals surface area contributed by atoms with Gasteiger partial charge in [-0.15, -0.1) is 0 Å². The summed E-state index contributed by atoms with van der Waals surface area (Å²) >= 11 is 4.96. The Morgan fingerprint density at radius 1 is 1.69 bits per heavy atom. The van der Waals surface area contributed by atoms with E-state index in [1.54, 1.807) is 11.8 Å². The number of carbonyl (C=O) groups excluding carboxylic acids is 1. The highest BCUT2D eigenvalue weighted by molar-refractivity contribution is 7.80. The lowest BCUT2D eigenvalue weighted by atomic mass is 10.2. The van der Waals surface area contributed by atoms with Crippen molar-refractivity contribution in [1.29, 1.82) is 0 Å². The summed E-state index contributed by atoms with van der Waals surface area (Å²) in [6, 6.07) is -0.405. The summed E-state index contributed by atoms with van der Waals surface area (Å²) in [7, 11) is 1.34. The highest BCUT2D eigenvalue weighted by Crippen LogP contribution is 2.19. The summed E-state index contributed by atoms with van der Waals surface area (Å²) < 4.78 is 4.61. The minimum absolute atomic E-state index is 0.333. The van der Waals surface area contributed by atoms with Gasteiger partial charge in [-0.1, -0.05) is 12.2 Å². The number of carbonyl (C=O) groups is 1. The summed E-state index contributed by atoms with van der Waals surface area (Å²) in [5.74, 6) is -0.333. The molecule has 2 atom stereocenters. The standard InChI is InChI=1S/C8H13NO3S/c1-5(13)9-4-6(10)3-7(9)8(11)12-2/h6-7,10H,3-4H2,1-2H3/t6-,7+/m1/s1. The second-order valence-corrected chi connectivity index (χ2v) is 3.69. The largest absolute Gasteiger partial charge is 0.467 e. The van der Waals surface area contributed by atoms with Crippen molar-refractivity contribution in [3.63, 3.8) is 0 Å². The molecule has 0 aliphatic carbocycles. The van der Waals surface area contributed by atoms with Crippen LogP contribution in [0.3, 0.4) is 0 Å². The van der Waals surface area contributed by atoms with Crippen LogP contribution < -0.4 is 0 Å². The minimum atomic E-state index is -0.484. The van der Waals surface area contributed by atoms with Crippen LogP contribution in [0.25, 0.3) is 0 Å². The van der Waals surface area contributed by atoms with Gasteiger partial charge in [-0.3, -0.25) is 0 Å². The normalized spacial score (nSPS) is 27.5. The van der Waals surface area contributed by atoms with Crippen LogP contribution in [0.4, 0.5) is 0 Å². The van der Waals surface area contributed by atoms with Crippen molar-refractivity contribution in [2.45, 2.75) is 25.5 Å². The van der Waals surface area contributed by atoms with Crippen LogP contribution in [-0.4, -0.2) is 46.8 Å². The first-order chi connectivity index (χ1) is 6.06. The zero-order valence-corrected chi connectivity index (χ0v) is 8.50. The number of methoxy groups -OCH3 is 1. The van der Waals surface area contributed by atoms with Gasteiger partial charge in [0.15, 0.2) is 0 Å². The zero-order chi connectivity index (χ0) is 10.0. The number of aliphatic hydroxyl groups is 1. The number of thiocarbonyl (C=S) groups is 1. The van der Waals surface area contributed by atoms with Crippen LogP contribution in [-0.2, 0) is 9.53 Å². The fourth-order valence-electron chi connectivity index (χ4n) is 1.52. The topological polar surface area (TPSA) is 49.8 Å². The van der Waals surface area contributed by atoms with Gasteiger partial charge in [-0.25, -0.2) is 4.79 Å². The van der Waals surface area contributed by atoms with E-state index in [0.717, 1.165) is 0 Å². The highest BCUT2D eigenvalue weighted by atomic mass is 32.1. The van der Waals surface area contributed by atoms with E-state index in [0.29, 0.717) is 18.0 Å². The first-order valence-corrected chi connectivity index (χ1v) is 4.50. The molecular formula is C8H13NO3S. The Balaban J connectivity index is 2.71. The van der Waals surface area contributed by atoms with Gasteiger partial charge >= 0.3 is 5.97 Å². The molecule has 0 unspecified atom stereocenters. The van der Waals surface area contributed by atoms with E-state index in [1.165, 1.54) is 7.11 Å². The lowest BCUT2D eigenvalue weighted by molar-refractivity contribution is -0.144. The highest BCUT2D eigenvalue weighted by Gasteiger charge is 2.36. The number of esters is 1. The van der Waals surface area contributed by atoms with Crippen LogP contribution in [0.5, 0.6) is 0 Å². The molecule has 1 N–H and O–H groups in total. The van der Waals surface area contributed by atoms with E-state index in [1.807, 2.05) is 0 Å². The van der Waals surface area contributed by atoms with E-state index in [-0.39, 0.29) is 5.97 Å². The Hall–Kier alpha value is -0.680. The van der Waals surface area contributed by atoms with Crippen molar-refractivity contribution in [2.75, 3.05) is 13.7 Å². The van der Waals surface area contributed by atoms with Gasteiger partial charge < -0.3 is 14.7 Å². The third kappa shape index (κ3) is 2.16. The molecule has 0 aromatic carbocycles. The molecule has 1 aliphatic heterocycles. The Kier molecular flexibility index (Phi) is 3.22. The average molecular weight is 203 g/mol. The van der Waals surface area contributed by atoms with Crippen LogP contribution in [0.15, 0.2) is 0 Å². The number of nitrogens with zero attached hydrogens (tertiary/aromatic N) is 1. The van der Waals surface area contributed by atoms with Crippen molar-refractivity contribution >= 4 is 23.2 Å². The van der Waals surface area contributed by atoms with Crippen molar-refractivity contribution in [3.8, 4) is 0 Å². The molecular weight excluding hydrogens is 190 g/mol. The van der Waals surface area contributed by atoms with Gasteiger partial charge in [0.25, 0.3) is 0 Å². The third-order valence-electron chi connectivity index (χ3n) is 2.16. The summed E-state index contributed by atoms with van der Waals surface area (Å²) in [5.41, 5.74) is 0. The maximum atomic E-state index is 11.2. The van der Waals surface area contributed by atoms with E-state index in [2.05, 4.69) is 4.74 Å². The minimum Gasteiger partial charge on any atom is -0.467 e. The Bertz CT molecular complexity index is 231. The fourth-order valence-corrected chi connectivity index (χ4v) is 1.72. The number of β-amino-alcohol motifs (C(OH)–C–C–N with tert-alkyl or cyclic N) is 1. The fraction of sp³-hybridized carbons (Fsp3) is 0.750. The molecule has 0 spiro atoms. The molecule has 0 amide bonds. The number of ether oxygens (including phenoxy) is 1. The molecule has 0 bridgehead atoms. The smallest absolute Gasteiger partial charge is 0.328 e. The summed E-state index contributed by atoms with van der Waals surface area (Å²) in [6.07, 6.45) is -0.0808. The zero-order valence-electron chi connectivity index (χ0n) is 7.69. The molecule has 1 fully saturated rings. The molecule has 13 heavy (non-hydrogen) atoms. The molecule has 1 heterocycles. The summed E-state index contributed by atoms with van der Waals surface area (Å²) in [4.78, 5) is 13.6. The number of rotatable bonds is 1. The molecule has 1 rings (SSSR count). The van der Waals surface area contributed by atoms with E-state index in [9.17, 15) is 9.90 Å². The molecule has 5 heteroatoms. The first kappa shape index (κ1) is 10.4. The van der Waals surface area contributed by atoms with Gasteiger partial charge in [-0.05, 0) is 6.92 Å². The van der Waals surface area contributed by atoms with Gasteiger partial charge in [0.2, 0.25) is 0 Å². The molecule has 74 valence electrons. The molecule has 4 nitrogen and oxygen atoms in total. The Labute approximate surface area is 82.5 Å². The third-order valence-corrected chi connectivity index (χ3v) is 2.39. The predicted octanol–water partition coefficient (Wildman–Crippen LogP) is -0.0581. The second-order valence-electron chi connectivity index (χ2n) is 3.10. The Morgan fingerprint density at radius 3 is 2.77 bits per heavy atom. The maximum Gasteiger partial charge on any atom is 0.328 e. The summed E-state index contributed by atoms with van der Waals surface area (Å²) in [6.45, 7) is 2.17. The van der Waals surface area contributed by atoms with Crippen molar-refractivity contribution in [2.24, 2.45) is 0 Å². The first-order valence-electron chi connectivity index (χ1n) is 4.09. The van der Waals surface area contributed by atoms with E-state index < -0.39 is 12.1 Å². The lowest BCUT2D eigenvalue weighted by Crippen LogP contribution is -2.39. The van der Waals surface area contributed by atoms with Crippen molar-refractivity contribution < 1.29 is 14.6 Å². The molecule has 1 aliphatic rings. The van der Waals surface area contributed by atoms with Crippen LogP contribution >= 0.6 is 12.2 Å². The van der Waals surface area contributed by atoms with Crippen LogP contribution in [0.2, 0.25) is 0 Å². The SMILES string of the molecule is COC(=O)[C@@H]1C[C@@H](O)CN1C(C)=S. The number of hydrogen-bond acceptors (Lipinski definition) is 4. The number of aliphatic hydroxyl groups excluding tert-OH is 1. The van der Waals surface area contributed by atoms with Crippen molar-refractivity contribution in [3.05, 3.63) is 0 Å². The van der Waals surface area contributed by atoms with Crippen molar-refractivity contribution in [1.82, 2.24) is 4.90 Å². The second kappa shape index (κ2) is 4.02. The lowest BCUT2D eigenvalue weighted by Gasteiger charge is -2.22.